The number of nitrogens with zero attached hydrogens (tertiary/aromatic N) is 5. The number of hydrogen-bond acceptors (Lipinski definition) is 3. The van der Waals surface area contributed by atoms with Gasteiger partial charge in [0, 0.05) is 38.4 Å². The second-order valence-corrected chi connectivity index (χ2v) is 14.4. The fourth-order valence-corrected chi connectivity index (χ4v) is 8.57. The Hall–Kier alpha value is -7.57. The zero-order chi connectivity index (χ0) is 37.7. The van der Waals surface area contributed by atoms with Crippen LogP contribution in [0.5, 0.6) is 0 Å². The van der Waals surface area contributed by atoms with E-state index in [9.17, 15) is 0 Å². The van der Waals surface area contributed by atoms with Crippen molar-refractivity contribution in [2.24, 2.45) is 0 Å². The lowest BCUT2D eigenvalue weighted by molar-refractivity contribution is 0.953. The van der Waals surface area contributed by atoms with E-state index in [1.54, 1.807) is 0 Å². The summed E-state index contributed by atoms with van der Waals surface area (Å²) in [4.78, 5) is 15.7. The lowest BCUT2D eigenvalue weighted by Gasteiger charge is -2.16. The van der Waals surface area contributed by atoms with Crippen molar-refractivity contribution in [3.05, 3.63) is 206 Å². The van der Waals surface area contributed by atoms with Crippen molar-refractivity contribution in [2.75, 3.05) is 0 Å². The van der Waals surface area contributed by atoms with E-state index >= 15 is 0 Å². The first kappa shape index (κ1) is 32.8. The molecule has 0 spiro atoms. The fraction of sp³-hybridized carbons (Fsp3) is 0. The first-order valence-electron chi connectivity index (χ1n) is 19.3. The van der Waals surface area contributed by atoms with E-state index in [0.29, 0.717) is 17.6 Å². The van der Waals surface area contributed by atoms with E-state index in [1.807, 2.05) is 36.4 Å². The van der Waals surface area contributed by atoms with Gasteiger partial charge in [-0.1, -0.05) is 198 Å². The number of aromatic nitrogens is 5. The molecule has 57 heavy (non-hydrogen) atoms. The van der Waals surface area contributed by atoms with E-state index < -0.39 is 0 Å². The predicted octanol–water partition coefficient (Wildman–Crippen LogP) is 9.92. The molecule has 0 radical (unpaired) electrons. The SMILES string of the molecule is c1ccc(B(c2ccccc2)c2ccc3c(c2)c2ccc4c5ccccc5n(-c5ccccc5)c4c2n3-c2nc(-c3ccccc3)nc(-c3ccccc3)n2)cc1. The summed E-state index contributed by atoms with van der Waals surface area (Å²) in [7, 11) is 0. The van der Waals surface area contributed by atoms with Crippen molar-refractivity contribution >= 4 is 66.7 Å². The maximum Gasteiger partial charge on any atom is 0.241 e. The summed E-state index contributed by atoms with van der Waals surface area (Å²) in [6.45, 7) is 0.0428. The normalized spacial score (nSPS) is 11.5. The third-order valence-corrected chi connectivity index (χ3v) is 11.1. The highest BCUT2D eigenvalue weighted by Crippen LogP contribution is 2.41. The summed E-state index contributed by atoms with van der Waals surface area (Å²) in [6, 6.07) is 72.9. The van der Waals surface area contributed by atoms with Crippen molar-refractivity contribution < 1.29 is 0 Å². The Labute approximate surface area is 330 Å². The minimum Gasteiger partial charge on any atom is -0.307 e. The molecule has 0 aliphatic heterocycles. The minimum absolute atomic E-state index is 0.0428. The van der Waals surface area contributed by atoms with Gasteiger partial charge in [0.2, 0.25) is 12.7 Å². The monoisotopic (exact) mass is 727 g/mol. The molecule has 0 atom stereocenters. The van der Waals surface area contributed by atoms with Gasteiger partial charge >= 0.3 is 0 Å². The quantitative estimate of drug-likeness (QED) is 0.154. The number of benzene rings is 8. The van der Waals surface area contributed by atoms with Crippen LogP contribution in [0.2, 0.25) is 0 Å². The number of fused-ring (bicyclic) bond motifs is 7. The van der Waals surface area contributed by atoms with Crippen LogP contribution in [0.1, 0.15) is 0 Å². The van der Waals surface area contributed by atoms with Gasteiger partial charge in [0.15, 0.2) is 11.6 Å². The van der Waals surface area contributed by atoms with Crippen LogP contribution in [0.25, 0.3) is 78.0 Å². The molecular weight excluding hydrogens is 693 g/mol. The topological polar surface area (TPSA) is 48.5 Å². The third-order valence-electron chi connectivity index (χ3n) is 11.1. The van der Waals surface area contributed by atoms with E-state index in [4.69, 9.17) is 15.0 Å². The first-order chi connectivity index (χ1) is 28.3. The van der Waals surface area contributed by atoms with Gasteiger partial charge in [-0.3, -0.25) is 4.57 Å². The molecule has 0 unspecified atom stereocenters. The number of para-hydroxylation sites is 2. The fourth-order valence-electron chi connectivity index (χ4n) is 8.57. The smallest absolute Gasteiger partial charge is 0.241 e. The summed E-state index contributed by atoms with van der Waals surface area (Å²) in [6.07, 6.45) is 0. The van der Waals surface area contributed by atoms with Gasteiger partial charge in [-0.2, -0.15) is 9.97 Å². The van der Waals surface area contributed by atoms with Crippen LogP contribution < -0.4 is 16.4 Å². The molecule has 0 amide bonds. The Bertz CT molecular complexity index is 3120. The summed E-state index contributed by atoms with van der Waals surface area (Å²) < 4.78 is 4.67. The van der Waals surface area contributed by atoms with Crippen LogP contribution in [0, 0.1) is 0 Å². The maximum absolute atomic E-state index is 5.32. The van der Waals surface area contributed by atoms with Crippen molar-refractivity contribution in [1.82, 2.24) is 24.1 Å². The van der Waals surface area contributed by atoms with Crippen LogP contribution in [0.3, 0.4) is 0 Å². The average Bonchev–Trinajstić information content (AvgIpc) is 3.81. The molecule has 3 aromatic heterocycles. The van der Waals surface area contributed by atoms with Crippen LogP contribution in [0.4, 0.5) is 0 Å². The highest BCUT2D eigenvalue weighted by Gasteiger charge is 2.26. The van der Waals surface area contributed by atoms with Gasteiger partial charge in [0.25, 0.3) is 0 Å². The predicted molar refractivity (Wildman–Crippen MR) is 237 cm³/mol. The summed E-state index contributed by atoms with van der Waals surface area (Å²) >= 11 is 0. The molecule has 0 saturated carbocycles. The molecule has 11 aromatic rings. The molecule has 11 rings (SSSR count). The Morgan fingerprint density at radius 1 is 0.333 bits per heavy atom. The molecule has 266 valence electrons. The minimum atomic E-state index is 0.0428. The van der Waals surface area contributed by atoms with Crippen LogP contribution in [0.15, 0.2) is 206 Å². The van der Waals surface area contributed by atoms with E-state index in [-0.39, 0.29) is 6.71 Å². The van der Waals surface area contributed by atoms with Crippen molar-refractivity contribution in [2.45, 2.75) is 0 Å². The summed E-state index contributed by atoms with van der Waals surface area (Å²) in [5.74, 6) is 1.81. The number of rotatable bonds is 7. The molecule has 0 fully saturated rings. The Balaban J connectivity index is 1.29. The molecule has 6 heteroatoms. The first-order valence-corrected chi connectivity index (χ1v) is 19.3. The zero-order valence-corrected chi connectivity index (χ0v) is 30.9. The molecular formula is C51H34BN5. The molecule has 0 aliphatic rings. The second kappa shape index (κ2) is 13.6. The van der Waals surface area contributed by atoms with Gasteiger partial charge in [-0.05, 0) is 24.3 Å². The molecule has 0 saturated heterocycles. The molecule has 0 bridgehead atoms. The maximum atomic E-state index is 5.32. The van der Waals surface area contributed by atoms with Gasteiger partial charge in [-0.15, -0.1) is 0 Å². The third kappa shape index (κ3) is 5.53. The Kier molecular flexibility index (Phi) is 7.85. The second-order valence-electron chi connectivity index (χ2n) is 14.4. The van der Waals surface area contributed by atoms with Gasteiger partial charge < -0.3 is 4.57 Å². The average molecular weight is 728 g/mol. The summed E-state index contributed by atoms with van der Waals surface area (Å²) in [5, 5.41) is 4.61. The molecule has 3 heterocycles. The number of hydrogen-bond donors (Lipinski definition) is 0. The van der Waals surface area contributed by atoms with E-state index in [0.717, 1.165) is 49.7 Å². The largest absolute Gasteiger partial charge is 0.307 e. The van der Waals surface area contributed by atoms with Crippen molar-refractivity contribution in [1.29, 1.82) is 0 Å². The van der Waals surface area contributed by atoms with Crippen molar-refractivity contribution in [3.63, 3.8) is 0 Å². The molecule has 0 N–H and O–H groups in total. The van der Waals surface area contributed by atoms with E-state index in [2.05, 4.69) is 179 Å². The standard InChI is InChI=1S/C51H34BN5/c1-6-18-35(19-7-1)49-53-50(36-20-8-2-9-21-36)55-51(54-49)57-46-33-30-39(52(37-22-10-3-11-23-37)38-24-12-4-13-25-38)34-44(46)43-32-31-42-41-28-16-17-29-45(41)56(47(42)48(43)57)40-26-14-5-15-27-40/h1-34H. The lowest BCUT2D eigenvalue weighted by Crippen LogP contribution is -2.51. The Morgan fingerprint density at radius 2 is 0.807 bits per heavy atom. The van der Waals surface area contributed by atoms with Crippen LogP contribution >= 0.6 is 0 Å². The van der Waals surface area contributed by atoms with Crippen LogP contribution in [-0.4, -0.2) is 30.8 Å². The van der Waals surface area contributed by atoms with Crippen LogP contribution in [-0.2, 0) is 0 Å². The summed E-state index contributed by atoms with van der Waals surface area (Å²) in [5.41, 5.74) is 11.0. The lowest BCUT2D eigenvalue weighted by atomic mass is 9.37. The molecule has 5 nitrogen and oxygen atoms in total. The van der Waals surface area contributed by atoms with Gasteiger partial charge in [0.1, 0.15) is 0 Å². The van der Waals surface area contributed by atoms with Gasteiger partial charge in [0.05, 0.1) is 22.1 Å². The zero-order valence-electron chi connectivity index (χ0n) is 30.9. The highest BCUT2D eigenvalue weighted by molar-refractivity contribution is 6.95. The highest BCUT2D eigenvalue weighted by atomic mass is 15.2. The Morgan fingerprint density at radius 3 is 1.40 bits per heavy atom. The van der Waals surface area contributed by atoms with Crippen molar-refractivity contribution in [3.8, 4) is 34.4 Å². The van der Waals surface area contributed by atoms with E-state index in [1.165, 1.54) is 27.2 Å². The molecule has 0 aliphatic carbocycles. The van der Waals surface area contributed by atoms with Gasteiger partial charge in [-0.25, -0.2) is 4.98 Å². The molecule has 8 aromatic carbocycles.